The van der Waals surface area contributed by atoms with Gasteiger partial charge in [0.1, 0.15) is 5.75 Å². The van der Waals surface area contributed by atoms with Gasteiger partial charge in [-0.25, -0.2) is 0 Å². The molecule has 0 fully saturated rings. The molecule has 0 saturated carbocycles. The number of halogens is 1. The van der Waals surface area contributed by atoms with Gasteiger partial charge in [-0.1, -0.05) is 31.2 Å². The first-order chi connectivity index (χ1) is 12.6. The average Bonchev–Trinajstić information content (AvgIpc) is 3.19. The lowest BCUT2D eigenvalue weighted by molar-refractivity contribution is 0.287. The second-order valence-electron chi connectivity index (χ2n) is 6.47. The molecule has 150 valence electrons. The van der Waals surface area contributed by atoms with Crippen molar-refractivity contribution in [1.82, 2.24) is 15.5 Å². The summed E-state index contributed by atoms with van der Waals surface area (Å²) in [6, 6.07) is 12.6. The number of likely N-dealkylation sites (N-methyl/N-ethyl adjacent to an activating group) is 1. The van der Waals surface area contributed by atoms with Crippen LogP contribution >= 0.6 is 35.3 Å². The molecule has 0 bridgehead atoms. The third-order valence-electron chi connectivity index (χ3n) is 4.41. The molecule has 2 aromatic rings. The van der Waals surface area contributed by atoms with Crippen LogP contribution in [0.1, 0.15) is 29.3 Å². The van der Waals surface area contributed by atoms with E-state index in [-0.39, 0.29) is 30.0 Å². The van der Waals surface area contributed by atoms with Crippen molar-refractivity contribution in [2.45, 2.75) is 18.9 Å². The Bertz CT molecular complexity index is 691. The van der Waals surface area contributed by atoms with Crippen LogP contribution in [-0.2, 0) is 0 Å². The summed E-state index contributed by atoms with van der Waals surface area (Å²) in [6.45, 7) is 3.81. The zero-order chi connectivity index (χ0) is 18.9. The smallest absolute Gasteiger partial charge is 0.191 e. The van der Waals surface area contributed by atoms with E-state index < -0.39 is 0 Å². The third-order valence-corrected chi connectivity index (χ3v) is 5.52. The van der Waals surface area contributed by atoms with Gasteiger partial charge in [0.05, 0.1) is 13.2 Å². The molecule has 7 heteroatoms. The van der Waals surface area contributed by atoms with Crippen molar-refractivity contribution in [3.8, 4) is 5.75 Å². The van der Waals surface area contributed by atoms with Crippen LogP contribution in [0.25, 0.3) is 0 Å². The second-order valence-corrected chi connectivity index (χ2v) is 7.45. The number of aliphatic imine (C=N–C) groups is 1. The Morgan fingerprint density at radius 1 is 1.15 bits per heavy atom. The molecule has 2 unspecified atom stereocenters. The summed E-state index contributed by atoms with van der Waals surface area (Å²) in [5.74, 6) is 2.17. The molecule has 0 aliphatic heterocycles. The van der Waals surface area contributed by atoms with Gasteiger partial charge in [0, 0.05) is 36.5 Å². The summed E-state index contributed by atoms with van der Waals surface area (Å²) in [5.41, 5.74) is 1.16. The van der Waals surface area contributed by atoms with Gasteiger partial charge in [-0.15, -0.1) is 35.3 Å². The SMILES string of the molecule is CN=C(NCC(C)c1cccs1)NCC(c1ccccc1OC)N(C)C.I. The molecule has 27 heavy (non-hydrogen) atoms. The number of ether oxygens (including phenoxy) is 1. The van der Waals surface area contributed by atoms with E-state index in [1.165, 1.54) is 4.88 Å². The van der Waals surface area contributed by atoms with E-state index in [4.69, 9.17) is 4.74 Å². The van der Waals surface area contributed by atoms with Gasteiger partial charge >= 0.3 is 0 Å². The number of benzene rings is 1. The molecule has 0 aliphatic rings. The van der Waals surface area contributed by atoms with Crippen LogP contribution in [0.3, 0.4) is 0 Å². The molecular formula is C20H31IN4OS. The number of hydrogen-bond acceptors (Lipinski definition) is 4. The average molecular weight is 502 g/mol. The molecule has 2 N–H and O–H groups in total. The summed E-state index contributed by atoms with van der Waals surface area (Å²) in [5, 5.41) is 8.99. The Morgan fingerprint density at radius 2 is 1.85 bits per heavy atom. The second kappa shape index (κ2) is 12.2. The van der Waals surface area contributed by atoms with E-state index in [0.717, 1.165) is 30.4 Å². The fourth-order valence-corrected chi connectivity index (χ4v) is 3.64. The van der Waals surface area contributed by atoms with Crippen LogP contribution in [0.5, 0.6) is 5.75 Å². The molecule has 0 radical (unpaired) electrons. The summed E-state index contributed by atoms with van der Waals surface area (Å²) in [4.78, 5) is 7.93. The molecule has 0 amide bonds. The van der Waals surface area contributed by atoms with Crippen LogP contribution < -0.4 is 15.4 Å². The Morgan fingerprint density at radius 3 is 2.44 bits per heavy atom. The van der Waals surface area contributed by atoms with E-state index in [1.54, 1.807) is 25.5 Å². The fourth-order valence-electron chi connectivity index (χ4n) is 2.85. The van der Waals surface area contributed by atoms with Crippen molar-refractivity contribution in [3.63, 3.8) is 0 Å². The minimum absolute atomic E-state index is 0. The van der Waals surface area contributed by atoms with Gasteiger partial charge in [0.15, 0.2) is 5.96 Å². The predicted octanol–water partition coefficient (Wildman–Crippen LogP) is 3.95. The number of guanidine groups is 1. The lowest BCUT2D eigenvalue weighted by Gasteiger charge is -2.27. The van der Waals surface area contributed by atoms with Crippen molar-refractivity contribution in [2.24, 2.45) is 4.99 Å². The summed E-state index contributed by atoms with van der Waals surface area (Å²) >= 11 is 1.79. The monoisotopic (exact) mass is 502 g/mol. The van der Waals surface area contributed by atoms with E-state index in [2.05, 4.69) is 65.1 Å². The summed E-state index contributed by atoms with van der Waals surface area (Å²) < 4.78 is 5.53. The van der Waals surface area contributed by atoms with Crippen molar-refractivity contribution in [1.29, 1.82) is 0 Å². The Hall–Kier alpha value is -1.32. The highest BCUT2D eigenvalue weighted by molar-refractivity contribution is 14.0. The van der Waals surface area contributed by atoms with Gasteiger partial charge in [0.25, 0.3) is 0 Å². The molecule has 5 nitrogen and oxygen atoms in total. The number of para-hydroxylation sites is 1. The first kappa shape index (κ1) is 23.7. The van der Waals surface area contributed by atoms with Crippen molar-refractivity contribution in [3.05, 3.63) is 52.2 Å². The van der Waals surface area contributed by atoms with Gasteiger partial charge in [-0.05, 0) is 31.6 Å². The minimum Gasteiger partial charge on any atom is -0.496 e. The molecule has 1 aromatic carbocycles. The molecule has 0 spiro atoms. The van der Waals surface area contributed by atoms with Crippen LogP contribution in [0.4, 0.5) is 0 Å². The summed E-state index contributed by atoms with van der Waals surface area (Å²) in [6.07, 6.45) is 0. The molecule has 1 heterocycles. The Kier molecular flexibility index (Phi) is 10.7. The molecule has 1 aromatic heterocycles. The van der Waals surface area contributed by atoms with E-state index in [1.807, 2.05) is 18.2 Å². The van der Waals surface area contributed by atoms with Gasteiger partial charge in [-0.3, -0.25) is 4.99 Å². The standard InChI is InChI=1S/C20H30N4OS.HI/c1-15(19-11-8-12-26-19)13-22-20(21-2)23-14-17(24(3)4)16-9-6-7-10-18(16)25-5;/h6-12,15,17H,13-14H2,1-5H3,(H2,21,22,23);1H. The number of nitrogens with zero attached hydrogens (tertiary/aromatic N) is 2. The van der Waals surface area contributed by atoms with E-state index in [9.17, 15) is 0 Å². The molecular weight excluding hydrogens is 471 g/mol. The highest BCUT2D eigenvalue weighted by atomic mass is 127. The Labute approximate surface area is 184 Å². The topological polar surface area (TPSA) is 48.9 Å². The largest absolute Gasteiger partial charge is 0.496 e. The number of hydrogen-bond donors (Lipinski definition) is 2. The first-order valence-corrected chi connectivity index (χ1v) is 9.72. The number of rotatable bonds is 8. The number of methoxy groups -OCH3 is 1. The first-order valence-electron chi connectivity index (χ1n) is 8.84. The maximum absolute atomic E-state index is 5.53. The highest BCUT2D eigenvalue weighted by Gasteiger charge is 2.18. The number of nitrogens with one attached hydrogen (secondary N) is 2. The molecule has 0 aliphatic carbocycles. The highest BCUT2D eigenvalue weighted by Crippen LogP contribution is 2.27. The quantitative estimate of drug-likeness (QED) is 0.326. The minimum atomic E-state index is 0. The lowest BCUT2D eigenvalue weighted by atomic mass is 10.0. The predicted molar refractivity (Wildman–Crippen MR) is 127 cm³/mol. The normalized spacial score (nSPS) is 13.6. The van der Waals surface area contributed by atoms with Crippen LogP contribution in [0.2, 0.25) is 0 Å². The number of thiophene rings is 1. The van der Waals surface area contributed by atoms with Crippen molar-refractivity contribution < 1.29 is 4.74 Å². The lowest BCUT2D eigenvalue weighted by Crippen LogP contribution is -2.42. The fraction of sp³-hybridized carbons (Fsp3) is 0.450. The van der Waals surface area contributed by atoms with Crippen molar-refractivity contribution >= 4 is 41.3 Å². The van der Waals surface area contributed by atoms with Gasteiger partial charge in [0.2, 0.25) is 0 Å². The van der Waals surface area contributed by atoms with Crippen LogP contribution in [-0.4, -0.2) is 52.2 Å². The maximum atomic E-state index is 5.53. The summed E-state index contributed by atoms with van der Waals surface area (Å²) in [7, 11) is 7.67. The zero-order valence-electron chi connectivity index (χ0n) is 16.7. The molecule has 2 atom stereocenters. The third kappa shape index (κ3) is 6.97. The van der Waals surface area contributed by atoms with Gasteiger partial charge in [-0.2, -0.15) is 0 Å². The molecule has 2 rings (SSSR count). The Balaban J connectivity index is 0.00000364. The maximum Gasteiger partial charge on any atom is 0.191 e. The molecule has 0 saturated heterocycles. The van der Waals surface area contributed by atoms with E-state index >= 15 is 0 Å². The zero-order valence-corrected chi connectivity index (χ0v) is 19.9. The van der Waals surface area contributed by atoms with E-state index in [0.29, 0.717) is 5.92 Å². The van der Waals surface area contributed by atoms with Crippen molar-refractivity contribution in [2.75, 3.05) is 41.3 Å². The van der Waals surface area contributed by atoms with Gasteiger partial charge < -0.3 is 20.3 Å². The van der Waals surface area contributed by atoms with Crippen LogP contribution in [0, 0.1) is 0 Å². The van der Waals surface area contributed by atoms with Crippen LogP contribution in [0.15, 0.2) is 46.8 Å².